The third kappa shape index (κ3) is 3.44. The lowest BCUT2D eigenvalue weighted by atomic mass is 10.2. The molecule has 4 rings (SSSR count). The van der Waals surface area contributed by atoms with Crippen LogP contribution in [-0.2, 0) is 0 Å². The van der Waals surface area contributed by atoms with Gasteiger partial charge in [-0.25, -0.2) is 4.98 Å². The van der Waals surface area contributed by atoms with E-state index in [1.165, 1.54) is 6.20 Å². The van der Waals surface area contributed by atoms with Crippen LogP contribution in [0.5, 0.6) is 0 Å². The number of amides is 1. The number of para-hydroxylation sites is 2. The molecule has 0 spiro atoms. The van der Waals surface area contributed by atoms with E-state index in [2.05, 4.69) is 20.2 Å². The number of primary amides is 1. The summed E-state index contributed by atoms with van der Waals surface area (Å²) in [5, 5.41) is 8.83. The first kappa shape index (κ1) is 14.5. The summed E-state index contributed by atoms with van der Waals surface area (Å²) in [6.07, 6.45) is 3.08. The van der Waals surface area contributed by atoms with E-state index in [0.717, 1.165) is 16.4 Å². The molecular formula is C17H13N5O. The zero-order chi connectivity index (χ0) is 16.1. The highest BCUT2D eigenvalue weighted by atomic mass is 16.1. The van der Waals surface area contributed by atoms with Crippen LogP contribution in [0.25, 0.3) is 21.9 Å². The summed E-state index contributed by atoms with van der Waals surface area (Å²) < 4.78 is 0. The van der Waals surface area contributed by atoms with Gasteiger partial charge in [0.1, 0.15) is 5.69 Å². The standard InChI is InChI=1S/C9H7N3O.C8H6N2/c10-9(13)8-5-11-6-3-1-2-4-7(6)12-8;1-2-4-8-7(3-1)5-6-9-10-8/h1-5H,(H2,10,13);1-6H. The van der Waals surface area contributed by atoms with Crippen molar-refractivity contribution in [3.8, 4) is 0 Å². The van der Waals surface area contributed by atoms with E-state index in [1.54, 1.807) is 12.3 Å². The first-order valence-corrected chi connectivity index (χ1v) is 6.92. The van der Waals surface area contributed by atoms with Gasteiger partial charge in [-0.1, -0.05) is 30.3 Å². The Bertz CT molecular complexity index is 905. The number of carbonyl (C=O) groups excluding carboxylic acids is 1. The third-order valence-corrected chi connectivity index (χ3v) is 3.12. The minimum atomic E-state index is -0.557. The van der Waals surface area contributed by atoms with Crippen molar-refractivity contribution < 1.29 is 4.79 Å². The van der Waals surface area contributed by atoms with Gasteiger partial charge in [0, 0.05) is 5.39 Å². The summed E-state index contributed by atoms with van der Waals surface area (Å²) in [6, 6.07) is 17.2. The Morgan fingerprint density at radius 3 is 2.30 bits per heavy atom. The van der Waals surface area contributed by atoms with Crippen LogP contribution < -0.4 is 5.73 Å². The van der Waals surface area contributed by atoms with Crippen molar-refractivity contribution in [3.05, 3.63) is 72.7 Å². The van der Waals surface area contributed by atoms with Gasteiger partial charge in [-0.3, -0.25) is 9.78 Å². The summed E-state index contributed by atoms with van der Waals surface area (Å²) in [5.74, 6) is -0.557. The second-order valence-corrected chi connectivity index (χ2v) is 4.70. The Morgan fingerprint density at radius 1 is 0.870 bits per heavy atom. The van der Waals surface area contributed by atoms with Crippen molar-refractivity contribution in [3.63, 3.8) is 0 Å². The summed E-state index contributed by atoms with van der Waals surface area (Å²) >= 11 is 0. The molecule has 0 radical (unpaired) electrons. The summed E-state index contributed by atoms with van der Waals surface area (Å²) in [5.41, 5.74) is 7.64. The first-order chi connectivity index (χ1) is 11.2. The molecule has 0 atom stereocenters. The van der Waals surface area contributed by atoms with E-state index in [0.29, 0.717) is 5.52 Å². The number of nitrogens with zero attached hydrogens (tertiary/aromatic N) is 4. The van der Waals surface area contributed by atoms with Crippen molar-refractivity contribution in [2.45, 2.75) is 0 Å². The topological polar surface area (TPSA) is 94.7 Å². The highest BCUT2D eigenvalue weighted by Gasteiger charge is 2.03. The summed E-state index contributed by atoms with van der Waals surface area (Å²) in [4.78, 5) is 18.8. The number of aromatic nitrogens is 4. The molecule has 0 aliphatic rings. The molecule has 0 saturated heterocycles. The molecule has 1 amide bonds. The largest absolute Gasteiger partial charge is 0.364 e. The van der Waals surface area contributed by atoms with E-state index >= 15 is 0 Å². The Hall–Kier alpha value is -3.41. The number of benzene rings is 2. The number of hydrogen-bond acceptors (Lipinski definition) is 5. The quantitative estimate of drug-likeness (QED) is 0.582. The Morgan fingerprint density at radius 2 is 1.57 bits per heavy atom. The van der Waals surface area contributed by atoms with Crippen molar-refractivity contribution in [1.82, 2.24) is 20.2 Å². The number of hydrogen-bond donors (Lipinski definition) is 1. The predicted octanol–water partition coefficient (Wildman–Crippen LogP) is 2.36. The maximum atomic E-state index is 10.8. The Balaban J connectivity index is 0.000000140. The normalized spacial score (nSPS) is 10.1. The molecule has 23 heavy (non-hydrogen) atoms. The molecule has 4 aromatic rings. The number of carbonyl (C=O) groups is 1. The van der Waals surface area contributed by atoms with Crippen molar-refractivity contribution in [2.24, 2.45) is 5.73 Å². The molecule has 2 N–H and O–H groups in total. The minimum absolute atomic E-state index is 0.193. The average Bonchev–Trinajstić information content (AvgIpc) is 2.62. The van der Waals surface area contributed by atoms with Gasteiger partial charge in [-0.15, -0.1) is 0 Å². The Kier molecular flexibility index (Phi) is 4.15. The van der Waals surface area contributed by atoms with Crippen LogP contribution in [0, 0.1) is 0 Å². The van der Waals surface area contributed by atoms with E-state index in [-0.39, 0.29) is 5.69 Å². The Labute approximate surface area is 132 Å². The maximum Gasteiger partial charge on any atom is 0.268 e. The molecule has 2 heterocycles. The molecule has 0 saturated carbocycles. The zero-order valence-corrected chi connectivity index (χ0v) is 12.1. The van der Waals surface area contributed by atoms with Crippen molar-refractivity contribution >= 4 is 27.8 Å². The van der Waals surface area contributed by atoms with E-state index in [1.807, 2.05) is 48.5 Å². The lowest BCUT2D eigenvalue weighted by Gasteiger charge is -1.97. The van der Waals surface area contributed by atoms with E-state index < -0.39 is 5.91 Å². The molecule has 0 aliphatic carbocycles. The molecule has 6 nitrogen and oxygen atoms in total. The monoisotopic (exact) mass is 303 g/mol. The molecule has 0 fully saturated rings. The van der Waals surface area contributed by atoms with Crippen molar-refractivity contribution in [1.29, 1.82) is 0 Å². The molecule has 112 valence electrons. The third-order valence-electron chi connectivity index (χ3n) is 3.12. The molecule has 0 unspecified atom stereocenters. The smallest absolute Gasteiger partial charge is 0.268 e. The van der Waals surface area contributed by atoms with Gasteiger partial charge in [0.15, 0.2) is 0 Å². The predicted molar refractivity (Wildman–Crippen MR) is 87.6 cm³/mol. The molecule has 2 aromatic carbocycles. The fourth-order valence-electron chi connectivity index (χ4n) is 2.00. The van der Waals surface area contributed by atoms with Crippen LogP contribution in [0.2, 0.25) is 0 Å². The van der Waals surface area contributed by atoms with Crippen LogP contribution >= 0.6 is 0 Å². The van der Waals surface area contributed by atoms with Crippen LogP contribution in [0.4, 0.5) is 0 Å². The number of rotatable bonds is 1. The number of nitrogens with two attached hydrogens (primary N) is 1. The van der Waals surface area contributed by atoms with Gasteiger partial charge >= 0.3 is 0 Å². The van der Waals surface area contributed by atoms with Gasteiger partial charge in [-0.05, 0) is 24.3 Å². The molecule has 2 aromatic heterocycles. The zero-order valence-electron chi connectivity index (χ0n) is 12.1. The van der Waals surface area contributed by atoms with Gasteiger partial charge in [-0.2, -0.15) is 10.2 Å². The summed E-state index contributed by atoms with van der Waals surface area (Å²) in [6.45, 7) is 0. The highest BCUT2D eigenvalue weighted by molar-refractivity contribution is 5.92. The van der Waals surface area contributed by atoms with Gasteiger partial charge in [0.05, 0.1) is 28.9 Å². The number of fused-ring (bicyclic) bond motifs is 2. The van der Waals surface area contributed by atoms with Crippen LogP contribution in [-0.4, -0.2) is 26.1 Å². The first-order valence-electron chi connectivity index (χ1n) is 6.92. The fraction of sp³-hybridized carbons (Fsp3) is 0. The highest BCUT2D eigenvalue weighted by Crippen LogP contribution is 2.08. The fourth-order valence-corrected chi connectivity index (χ4v) is 2.00. The molecular weight excluding hydrogens is 290 g/mol. The van der Waals surface area contributed by atoms with Crippen molar-refractivity contribution in [2.75, 3.05) is 0 Å². The van der Waals surface area contributed by atoms with Crippen LogP contribution in [0.15, 0.2) is 67.0 Å². The lowest BCUT2D eigenvalue weighted by Crippen LogP contribution is -2.13. The lowest BCUT2D eigenvalue weighted by molar-refractivity contribution is 0.0995. The molecule has 0 bridgehead atoms. The van der Waals surface area contributed by atoms with Gasteiger partial charge in [0.25, 0.3) is 5.91 Å². The SMILES string of the molecule is NC(=O)c1cnc2ccccc2n1.c1ccc2nnccc2c1. The second kappa shape index (κ2) is 6.57. The van der Waals surface area contributed by atoms with Gasteiger partial charge in [0.2, 0.25) is 0 Å². The average molecular weight is 303 g/mol. The van der Waals surface area contributed by atoms with Crippen LogP contribution in [0.1, 0.15) is 10.5 Å². The van der Waals surface area contributed by atoms with Gasteiger partial charge < -0.3 is 5.73 Å². The van der Waals surface area contributed by atoms with E-state index in [9.17, 15) is 4.79 Å². The second-order valence-electron chi connectivity index (χ2n) is 4.70. The minimum Gasteiger partial charge on any atom is -0.364 e. The van der Waals surface area contributed by atoms with Crippen LogP contribution in [0.3, 0.4) is 0 Å². The molecule has 6 heteroatoms. The van der Waals surface area contributed by atoms with E-state index in [4.69, 9.17) is 5.73 Å². The maximum absolute atomic E-state index is 10.8. The summed E-state index contributed by atoms with van der Waals surface area (Å²) in [7, 11) is 0. The molecule has 0 aliphatic heterocycles.